The molecule has 1 unspecified atom stereocenters. The number of hydrogen-bond donors (Lipinski definition) is 2. The maximum Gasteiger partial charge on any atom is 0.329 e. The van der Waals surface area contributed by atoms with Crippen molar-refractivity contribution in [1.82, 2.24) is 10.2 Å². The minimum atomic E-state index is -0.888. The van der Waals surface area contributed by atoms with Crippen LogP contribution in [0.25, 0.3) is 0 Å². The topological polar surface area (TPSA) is 99.6 Å². The van der Waals surface area contributed by atoms with Crippen LogP contribution in [0.1, 0.15) is 39.2 Å². The first-order valence-corrected chi connectivity index (χ1v) is 9.16. The zero-order valence-electron chi connectivity index (χ0n) is 17.7. The van der Waals surface area contributed by atoms with Crippen molar-refractivity contribution in [1.29, 1.82) is 5.41 Å². The van der Waals surface area contributed by atoms with Gasteiger partial charge >= 0.3 is 5.97 Å². The Hall–Kier alpha value is -2.54. The van der Waals surface area contributed by atoms with Crippen molar-refractivity contribution < 1.29 is 19.1 Å². The first-order chi connectivity index (χ1) is 12.9. The van der Waals surface area contributed by atoms with E-state index >= 15 is 0 Å². The van der Waals surface area contributed by atoms with Gasteiger partial charge in [0.25, 0.3) is 0 Å². The van der Waals surface area contributed by atoms with E-state index in [0.29, 0.717) is 6.21 Å². The fourth-order valence-corrected chi connectivity index (χ4v) is 2.04. The van der Waals surface area contributed by atoms with E-state index in [4.69, 9.17) is 10.1 Å². The first kappa shape index (κ1) is 25.5. The van der Waals surface area contributed by atoms with Gasteiger partial charge in [0.05, 0.1) is 12.8 Å². The van der Waals surface area contributed by atoms with Crippen LogP contribution in [-0.2, 0) is 19.1 Å². The van der Waals surface area contributed by atoms with E-state index < -0.39 is 23.4 Å². The molecule has 28 heavy (non-hydrogen) atoms. The molecule has 2 N–H and O–H groups in total. The molecular weight excluding hydrogens is 358 g/mol. The molecule has 0 aliphatic heterocycles. The molecule has 0 aliphatic carbocycles. The van der Waals surface area contributed by atoms with Crippen LogP contribution in [0.4, 0.5) is 0 Å². The molecule has 156 valence electrons. The number of aryl methyl sites for hydroxylation is 1. The highest BCUT2D eigenvalue weighted by Crippen LogP contribution is 2.11. The number of Topliss-reactive ketones (excluding diaryl/α,β-unsaturated/α-hetero) is 1. The number of likely N-dealkylation sites (N-methyl/N-ethyl adjacent to an activating group) is 1. The van der Waals surface area contributed by atoms with Crippen molar-refractivity contribution in [3.05, 3.63) is 35.9 Å². The molecule has 0 fully saturated rings. The minimum Gasteiger partial charge on any atom is -0.458 e. The number of hydrogen-bond acceptors (Lipinski definition) is 6. The molecule has 0 saturated heterocycles. The lowest BCUT2D eigenvalue weighted by Gasteiger charge is -2.24. The second kappa shape index (κ2) is 12.8. The van der Waals surface area contributed by atoms with Gasteiger partial charge < -0.3 is 20.4 Å². The Morgan fingerprint density at radius 1 is 1.18 bits per heavy atom. The van der Waals surface area contributed by atoms with E-state index in [1.807, 2.05) is 18.2 Å². The lowest BCUT2D eigenvalue weighted by Crippen LogP contribution is -2.47. The summed E-state index contributed by atoms with van der Waals surface area (Å²) in [5, 5.41) is 9.42. The molecule has 0 spiro atoms. The Labute approximate surface area is 168 Å². The second-order valence-corrected chi connectivity index (χ2v) is 7.70. The molecule has 1 atom stereocenters. The standard InChI is InChI=1S/C14H25N3O4.C7H8/c1-14(2,3)21-13(20)11(7-6-10(18)8-15)16-12(19)9-17(4)5;1-7-5-3-2-4-6-7/h8,11,15H,6-7,9H2,1-5H3,(H,16,19);2-6H,1H3. The van der Waals surface area contributed by atoms with Gasteiger partial charge in [-0.3, -0.25) is 9.59 Å². The summed E-state index contributed by atoms with van der Waals surface area (Å²) < 4.78 is 5.24. The Balaban J connectivity index is 0.000000861. The van der Waals surface area contributed by atoms with Crippen molar-refractivity contribution in [2.75, 3.05) is 20.6 Å². The van der Waals surface area contributed by atoms with Crippen molar-refractivity contribution in [3.8, 4) is 0 Å². The lowest BCUT2D eigenvalue weighted by atomic mass is 10.1. The molecule has 0 bridgehead atoms. The van der Waals surface area contributed by atoms with Gasteiger partial charge in [-0.1, -0.05) is 35.9 Å². The molecule has 7 heteroatoms. The van der Waals surface area contributed by atoms with Crippen molar-refractivity contribution >= 4 is 23.9 Å². The average molecular weight is 392 g/mol. The number of ketones is 1. The first-order valence-electron chi connectivity index (χ1n) is 9.16. The molecule has 1 amide bonds. The van der Waals surface area contributed by atoms with Gasteiger partial charge in [0.2, 0.25) is 5.91 Å². The number of benzene rings is 1. The van der Waals surface area contributed by atoms with E-state index in [0.717, 1.165) is 0 Å². The zero-order valence-corrected chi connectivity index (χ0v) is 17.7. The Bertz CT molecular complexity index is 637. The van der Waals surface area contributed by atoms with Crippen LogP contribution < -0.4 is 5.32 Å². The summed E-state index contributed by atoms with van der Waals surface area (Å²) in [6, 6.07) is 9.37. The number of nitrogens with zero attached hydrogens (tertiary/aromatic N) is 1. The summed E-state index contributed by atoms with van der Waals surface area (Å²) in [5.74, 6) is -1.30. The van der Waals surface area contributed by atoms with Gasteiger partial charge in [-0.25, -0.2) is 4.79 Å². The molecule has 0 heterocycles. The number of amides is 1. The molecule has 7 nitrogen and oxygen atoms in total. The van der Waals surface area contributed by atoms with Crippen molar-refractivity contribution in [2.45, 2.75) is 52.2 Å². The molecule has 1 rings (SSSR count). The van der Waals surface area contributed by atoms with Gasteiger partial charge in [-0.15, -0.1) is 0 Å². The predicted molar refractivity (Wildman–Crippen MR) is 111 cm³/mol. The number of carbonyl (C=O) groups is 3. The molecule has 0 radical (unpaired) electrons. The van der Waals surface area contributed by atoms with Gasteiger partial charge in [0.1, 0.15) is 11.6 Å². The normalized spacial score (nSPS) is 11.7. The smallest absolute Gasteiger partial charge is 0.329 e. The number of carbonyl (C=O) groups excluding carboxylic acids is 3. The van der Waals surface area contributed by atoms with Crippen LogP contribution in [-0.4, -0.2) is 61.1 Å². The summed E-state index contributed by atoms with van der Waals surface area (Å²) in [5.41, 5.74) is 0.648. The van der Waals surface area contributed by atoms with Crippen LogP contribution in [0.5, 0.6) is 0 Å². The highest BCUT2D eigenvalue weighted by molar-refractivity contribution is 6.26. The highest BCUT2D eigenvalue weighted by atomic mass is 16.6. The molecule has 0 aliphatic rings. The van der Waals surface area contributed by atoms with Crippen LogP contribution in [0.2, 0.25) is 0 Å². The summed E-state index contributed by atoms with van der Waals surface area (Å²) in [6.45, 7) is 7.41. The summed E-state index contributed by atoms with van der Waals surface area (Å²) in [4.78, 5) is 36.7. The van der Waals surface area contributed by atoms with Crippen LogP contribution >= 0.6 is 0 Å². The molecular formula is C21H33N3O4. The quantitative estimate of drug-likeness (QED) is 0.523. The minimum absolute atomic E-state index is 0.00958. The van der Waals surface area contributed by atoms with Gasteiger partial charge in [0.15, 0.2) is 5.78 Å². The van der Waals surface area contributed by atoms with Gasteiger partial charge in [0, 0.05) is 6.42 Å². The molecule has 1 aromatic rings. The maximum absolute atomic E-state index is 12.1. The fraction of sp³-hybridized carbons (Fsp3) is 0.524. The zero-order chi connectivity index (χ0) is 21.7. The number of esters is 1. The fourth-order valence-electron chi connectivity index (χ4n) is 2.04. The van der Waals surface area contributed by atoms with E-state index in [2.05, 4.69) is 24.4 Å². The van der Waals surface area contributed by atoms with E-state index in [9.17, 15) is 14.4 Å². The van der Waals surface area contributed by atoms with Gasteiger partial charge in [-0.2, -0.15) is 0 Å². The van der Waals surface area contributed by atoms with Crippen LogP contribution in [0.15, 0.2) is 30.3 Å². The van der Waals surface area contributed by atoms with E-state index in [-0.39, 0.29) is 25.3 Å². The average Bonchev–Trinajstić information content (AvgIpc) is 2.57. The highest BCUT2D eigenvalue weighted by Gasteiger charge is 2.27. The van der Waals surface area contributed by atoms with Gasteiger partial charge in [-0.05, 0) is 48.2 Å². The summed E-state index contributed by atoms with van der Waals surface area (Å²) in [7, 11) is 3.47. The monoisotopic (exact) mass is 391 g/mol. The van der Waals surface area contributed by atoms with E-state index in [1.165, 1.54) is 5.56 Å². The Morgan fingerprint density at radius 2 is 1.75 bits per heavy atom. The van der Waals surface area contributed by atoms with Crippen molar-refractivity contribution in [2.24, 2.45) is 0 Å². The lowest BCUT2D eigenvalue weighted by molar-refractivity contribution is -0.158. The summed E-state index contributed by atoms with van der Waals surface area (Å²) in [6.07, 6.45) is 0.825. The molecule has 0 saturated carbocycles. The molecule has 0 aromatic heterocycles. The van der Waals surface area contributed by atoms with Crippen molar-refractivity contribution in [3.63, 3.8) is 0 Å². The maximum atomic E-state index is 12.1. The summed E-state index contributed by atoms with van der Waals surface area (Å²) >= 11 is 0. The SMILES string of the molecule is CN(C)CC(=O)NC(CCC(=O)C=N)C(=O)OC(C)(C)C.Cc1ccccc1. The Kier molecular flexibility index (Phi) is 11.6. The van der Waals surface area contributed by atoms with E-state index in [1.54, 1.807) is 39.8 Å². The Morgan fingerprint density at radius 3 is 2.14 bits per heavy atom. The largest absolute Gasteiger partial charge is 0.458 e. The number of rotatable bonds is 8. The predicted octanol–water partition coefficient (Wildman–Crippen LogP) is 2.37. The number of ether oxygens (including phenoxy) is 1. The number of nitrogens with one attached hydrogen (secondary N) is 2. The third-order valence-corrected chi connectivity index (χ3v) is 3.27. The van der Waals surface area contributed by atoms with Crippen LogP contribution in [0, 0.1) is 12.3 Å². The van der Waals surface area contributed by atoms with Crippen LogP contribution in [0.3, 0.4) is 0 Å². The second-order valence-electron chi connectivity index (χ2n) is 7.70. The third-order valence-electron chi connectivity index (χ3n) is 3.27. The third kappa shape index (κ3) is 13.6. The molecule has 1 aromatic carbocycles.